The number of nitrogens with zero attached hydrogens (tertiary/aromatic N) is 1. The molecule has 1 amide bonds. The topological polar surface area (TPSA) is 46.6 Å². The van der Waals surface area contributed by atoms with Crippen molar-refractivity contribution in [3.05, 3.63) is 12.2 Å². The van der Waals surface area contributed by atoms with Crippen molar-refractivity contribution in [3.63, 3.8) is 0 Å². The lowest BCUT2D eigenvalue weighted by Gasteiger charge is -2.10. The van der Waals surface area contributed by atoms with E-state index in [-0.39, 0.29) is 12.2 Å². The number of amides is 1. The molecule has 0 bridgehead atoms. The van der Waals surface area contributed by atoms with E-state index in [0.29, 0.717) is 18.8 Å². The van der Waals surface area contributed by atoms with Gasteiger partial charge in [-0.05, 0) is 28.7 Å². The maximum Gasteiger partial charge on any atom is 0.410 e. The van der Waals surface area contributed by atoms with E-state index in [1.165, 1.54) is 0 Å². The van der Waals surface area contributed by atoms with Gasteiger partial charge in [0.2, 0.25) is 0 Å². The van der Waals surface area contributed by atoms with Crippen molar-refractivity contribution in [3.8, 4) is 0 Å². The third-order valence-electron chi connectivity index (χ3n) is 2.22. The summed E-state index contributed by atoms with van der Waals surface area (Å²) in [5.41, 5.74) is 0. The molecule has 0 saturated carbocycles. The van der Waals surface area contributed by atoms with Gasteiger partial charge in [0.25, 0.3) is 0 Å². The molecule has 0 aliphatic carbocycles. The maximum absolute atomic E-state index is 11.3. The summed E-state index contributed by atoms with van der Waals surface area (Å²) >= 11 is 0. The largest absolute Gasteiger partial charge is 0.445 e. The molecule has 1 saturated heterocycles. The average molecular weight is 245 g/mol. The van der Waals surface area contributed by atoms with Gasteiger partial charge in [-0.25, -0.2) is 4.79 Å². The van der Waals surface area contributed by atoms with Crippen molar-refractivity contribution < 1.29 is 13.7 Å². The minimum atomic E-state index is -1.94. The average Bonchev–Trinajstić information content (AvgIpc) is 2.42. The van der Waals surface area contributed by atoms with Crippen molar-refractivity contribution in [1.82, 2.24) is 4.90 Å². The van der Waals surface area contributed by atoms with Crippen LogP contribution in [0.15, 0.2) is 12.2 Å². The molecule has 1 aliphatic heterocycles. The lowest BCUT2D eigenvalue weighted by Crippen LogP contribution is -2.25. The Morgan fingerprint density at radius 1 is 1.62 bits per heavy atom. The van der Waals surface area contributed by atoms with Gasteiger partial charge in [0.1, 0.15) is 6.10 Å². The zero-order valence-electron chi connectivity index (χ0n) is 9.85. The van der Waals surface area contributed by atoms with E-state index < -0.39 is 9.52 Å². The van der Waals surface area contributed by atoms with Crippen LogP contribution in [0.3, 0.4) is 0 Å². The van der Waals surface area contributed by atoms with Gasteiger partial charge < -0.3 is 9.64 Å². The minimum Gasteiger partial charge on any atom is -0.445 e. The summed E-state index contributed by atoms with van der Waals surface area (Å²) in [6.07, 6.45) is 5.95. The maximum atomic E-state index is 11.3. The van der Waals surface area contributed by atoms with Gasteiger partial charge in [0.05, 0.1) is 6.54 Å². The van der Waals surface area contributed by atoms with Gasteiger partial charge in [-0.15, -0.1) is 0 Å². The number of carbonyl (C=O) groups excluding carboxylic acids is 1. The van der Waals surface area contributed by atoms with Crippen molar-refractivity contribution in [2.24, 2.45) is 0 Å². The normalized spacial score (nSPS) is 24.8. The predicted octanol–water partition coefficient (Wildman–Crippen LogP) is 1.12. The zero-order valence-corrected chi connectivity index (χ0v) is 10.7. The number of ether oxygens (including phenoxy) is 1. The fourth-order valence-electron chi connectivity index (χ4n) is 1.47. The molecular formula is C11H19NO3S. The number of rotatable bonds is 5. The SMILES string of the molecule is C=S(C)(=O)CC=CCCN1C[C@H](C)OC1=O. The third-order valence-corrected chi connectivity index (χ3v) is 3.12. The summed E-state index contributed by atoms with van der Waals surface area (Å²) in [6.45, 7) is 3.19. The molecule has 2 atom stereocenters. The standard InChI is InChI=1S/C11H19NO3S/c1-10-9-12(11(13)15-10)7-5-4-6-8-16(2,3)14/h4,6,10H,2,5,7-9H2,1,3H3/t10-,16?/m0/s1. The van der Waals surface area contributed by atoms with Crippen LogP contribution in [0.25, 0.3) is 0 Å². The minimum absolute atomic E-state index is 0.00861. The van der Waals surface area contributed by atoms with Crippen molar-refractivity contribution in [2.45, 2.75) is 19.4 Å². The lowest BCUT2D eigenvalue weighted by atomic mass is 10.3. The first-order valence-corrected chi connectivity index (χ1v) is 7.59. The van der Waals surface area contributed by atoms with Crippen LogP contribution in [0.2, 0.25) is 0 Å². The van der Waals surface area contributed by atoms with Gasteiger partial charge in [0, 0.05) is 18.6 Å². The second kappa shape index (κ2) is 5.39. The molecule has 0 radical (unpaired) electrons. The predicted molar refractivity (Wildman–Crippen MR) is 67.3 cm³/mol. The van der Waals surface area contributed by atoms with Crippen LogP contribution in [-0.4, -0.2) is 52.3 Å². The molecule has 16 heavy (non-hydrogen) atoms. The van der Waals surface area contributed by atoms with Crippen LogP contribution < -0.4 is 0 Å². The molecule has 0 aromatic rings. The molecule has 0 aromatic carbocycles. The second-order valence-corrected chi connectivity index (χ2v) is 6.95. The highest BCUT2D eigenvalue weighted by Crippen LogP contribution is 2.10. The molecule has 0 N–H and O–H groups in total. The van der Waals surface area contributed by atoms with E-state index in [2.05, 4.69) is 5.87 Å². The van der Waals surface area contributed by atoms with Crippen LogP contribution >= 0.6 is 0 Å². The molecule has 0 aromatic heterocycles. The van der Waals surface area contributed by atoms with Crippen molar-refractivity contribution >= 4 is 21.5 Å². The van der Waals surface area contributed by atoms with Gasteiger partial charge >= 0.3 is 6.09 Å². The van der Waals surface area contributed by atoms with E-state index >= 15 is 0 Å². The number of carbonyl (C=O) groups is 1. The molecule has 1 heterocycles. The second-order valence-electron chi connectivity index (χ2n) is 4.25. The molecule has 4 nitrogen and oxygen atoms in total. The zero-order chi connectivity index (χ0) is 12.2. The lowest BCUT2D eigenvalue weighted by molar-refractivity contribution is 0.138. The molecular weight excluding hydrogens is 226 g/mol. The fourth-order valence-corrected chi connectivity index (χ4v) is 2.01. The first kappa shape index (κ1) is 13.1. The Hall–Kier alpha value is -0.970. The number of hydrogen-bond donors (Lipinski definition) is 0. The van der Waals surface area contributed by atoms with Crippen LogP contribution in [0.4, 0.5) is 4.79 Å². The van der Waals surface area contributed by atoms with Gasteiger partial charge in [-0.3, -0.25) is 4.21 Å². The summed E-state index contributed by atoms with van der Waals surface area (Å²) in [7, 11) is -1.94. The van der Waals surface area contributed by atoms with E-state index in [1.807, 2.05) is 19.1 Å². The number of hydrogen-bond acceptors (Lipinski definition) is 3. The van der Waals surface area contributed by atoms with E-state index in [4.69, 9.17) is 4.74 Å². The van der Waals surface area contributed by atoms with Gasteiger partial charge in [-0.2, -0.15) is 0 Å². The molecule has 1 fully saturated rings. The van der Waals surface area contributed by atoms with Gasteiger partial charge in [-0.1, -0.05) is 12.2 Å². The van der Waals surface area contributed by atoms with Gasteiger partial charge in [0.15, 0.2) is 0 Å². The highest BCUT2D eigenvalue weighted by atomic mass is 32.2. The third kappa shape index (κ3) is 4.70. The first-order valence-electron chi connectivity index (χ1n) is 5.29. The van der Waals surface area contributed by atoms with Crippen LogP contribution in [0.5, 0.6) is 0 Å². The summed E-state index contributed by atoms with van der Waals surface area (Å²) in [5, 5.41) is 0. The Morgan fingerprint density at radius 3 is 2.81 bits per heavy atom. The van der Waals surface area contributed by atoms with Crippen molar-refractivity contribution in [2.75, 3.05) is 25.1 Å². The van der Waals surface area contributed by atoms with Crippen molar-refractivity contribution in [1.29, 1.82) is 0 Å². The Labute approximate surface area is 97.3 Å². The van der Waals surface area contributed by atoms with E-state index in [1.54, 1.807) is 11.2 Å². The Kier molecular flexibility index (Phi) is 4.41. The van der Waals surface area contributed by atoms with Crippen LogP contribution in [0, 0.1) is 0 Å². The molecule has 0 spiro atoms. The molecule has 92 valence electrons. The molecule has 5 heteroatoms. The summed E-state index contributed by atoms with van der Waals surface area (Å²) in [6, 6.07) is 0. The van der Waals surface area contributed by atoms with Crippen LogP contribution in [-0.2, 0) is 14.3 Å². The smallest absolute Gasteiger partial charge is 0.410 e. The molecule has 1 unspecified atom stereocenters. The Balaban J connectivity index is 2.23. The molecule has 1 aliphatic rings. The summed E-state index contributed by atoms with van der Waals surface area (Å²) in [4.78, 5) is 12.9. The highest BCUT2D eigenvalue weighted by Gasteiger charge is 2.26. The Morgan fingerprint density at radius 2 is 2.31 bits per heavy atom. The quantitative estimate of drug-likeness (QED) is 0.538. The first-order chi connectivity index (χ1) is 7.38. The Bertz CT molecular complexity index is 373. The summed E-state index contributed by atoms with van der Waals surface area (Å²) < 4.78 is 16.2. The fraction of sp³-hybridized carbons (Fsp3) is 0.636. The van der Waals surface area contributed by atoms with E-state index in [0.717, 1.165) is 6.42 Å². The monoisotopic (exact) mass is 245 g/mol. The summed E-state index contributed by atoms with van der Waals surface area (Å²) in [5.74, 6) is 4.05. The highest BCUT2D eigenvalue weighted by molar-refractivity contribution is 7.99. The number of cyclic esters (lactones) is 1. The van der Waals surface area contributed by atoms with E-state index in [9.17, 15) is 9.00 Å². The van der Waals surface area contributed by atoms with Crippen LogP contribution in [0.1, 0.15) is 13.3 Å². The molecule has 1 rings (SSSR count).